The molecule has 0 saturated carbocycles. The predicted molar refractivity (Wildman–Crippen MR) is 111 cm³/mol. The molecule has 2 atom stereocenters. The third kappa shape index (κ3) is 5.41. The molecule has 148 valence electrons. The number of rotatable bonds is 7. The van der Waals surface area contributed by atoms with Gasteiger partial charge in [0.25, 0.3) is 5.91 Å². The summed E-state index contributed by atoms with van der Waals surface area (Å²) >= 11 is 0. The van der Waals surface area contributed by atoms with E-state index in [0.717, 1.165) is 17.7 Å². The Morgan fingerprint density at radius 2 is 1.89 bits per heavy atom. The van der Waals surface area contributed by atoms with Gasteiger partial charge in [-0.2, -0.15) is 5.10 Å². The number of methoxy groups -OCH3 is 1. The second kappa shape index (κ2) is 9.48. The van der Waals surface area contributed by atoms with E-state index in [1.54, 1.807) is 13.3 Å². The van der Waals surface area contributed by atoms with E-state index in [-0.39, 0.29) is 18.0 Å². The van der Waals surface area contributed by atoms with Gasteiger partial charge in [0.05, 0.1) is 13.3 Å². The van der Waals surface area contributed by atoms with Crippen LogP contribution < -0.4 is 21.0 Å². The number of hydrazone groups is 1. The lowest BCUT2D eigenvalue weighted by atomic mass is 9.97. The van der Waals surface area contributed by atoms with Crippen molar-refractivity contribution in [3.05, 3.63) is 65.2 Å². The molecule has 2 aromatic rings. The topological polar surface area (TPSA) is 74.8 Å². The van der Waals surface area contributed by atoms with E-state index in [2.05, 4.69) is 59.5 Å². The van der Waals surface area contributed by atoms with Crippen molar-refractivity contribution < 1.29 is 9.53 Å². The zero-order valence-electron chi connectivity index (χ0n) is 16.6. The first-order valence-corrected chi connectivity index (χ1v) is 9.62. The summed E-state index contributed by atoms with van der Waals surface area (Å²) in [5.74, 6) is 1.27. The Balaban J connectivity index is 1.50. The molecule has 0 radical (unpaired) electrons. The minimum Gasteiger partial charge on any atom is -0.497 e. The third-order valence-electron chi connectivity index (χ3n) is 4.75. The first kappa shape index (κ1) is 20.0. The Labute approximate surface area is 166 Å². The highest BCUT2D eigenvalue weighted by molar-refractivity contribution is 5.85. The second-order valence-corrected chi connectivity index (χ2v) is 7.48. The molecule has 3 rings (SSSR count). The number of nitrogens with zero attached hydrogens (tertiary/aromatic N) is 1. The van der Waals surface area contributed by atoms with E-state index in [9.17, 15) is 4.79 Å². The van der Waals surface area contributed by atoms with Crippen LogP contribution in [0, 0.1) is 5.92 Å². The third-order valence-corrected chi connectivity index (χ3v) is 4.75. The molecular weight excluding hydrogens is 352 g/mol. The monoisotopic (exact) mass is 380 g/mol. The molecule has 0 spiro atoms. The molecule has 0 bridgehead atoms. The van der Waals surface area contributed by atoms with Crippen molar-refractivity contribution in [2.75, 3.05) is 7.11 Å². The van der Waals surface area contributed by atoms with Gasteiger partial charge < -0.3 is 4.74 Å². The molecular formula is C22H28N4O2. The second-order valence-electron chi connectivity index (χ2n) is 7.48. The van der Waals surface area contributed by atoms with Crippen LogP contribution >= 0.6 is 0 Å². The Hall–Kier alpha value is -2.70. The minimum absolute atomic E-state index is 0.106. The molecule has 1 heterocycles. The molecule has 3 N–H and O–H groups in total. The summed E-state index contributed by atoms with van der Waals surface area (Å²) in [6, 6.07) is 15.9. The highest BCUT2D eigenvalue weighted by Crippen LogP contribution is 2.23. The Bertz CT molecular complexity index is 800. The molecule has 6 heteroatoms. The largest absolute Gasteiger partial charge is 0.497 e. The van der Waals surface area contributed by atoms with Crippen LogP contribution in [-0.4, -0.2) is 25.3 Å². The highest BCUT2D eigenvalue weighted by Gasteiger charge is 2.29. The normalized spacial score (nSPS) is 19.3. The van der Waals surface area contributed by atoms with Crippen LogP contribution in [0.4, 0.5) is 0 Å². The molecule has 2 unspecified atom stereocenters. The van der Waals surface area contributed by atoms with Crippen LogP contribution in [0.25, 0.3) is 0 Å². The van der Waals surface area contributed by atoms with Gasteiger partial charge in [-0.1, -0.05) is 38.1 Å². The maximum atomic E-state index is 12.3. The lowest BCUT2D eigenvalue weighted by Crippen LogP contribution is -2.41. The number of carbonyl (C=O) groups is 1. The smallest absolute Gasteiger partial charge is 0.258 e. The highest BCUT2D eigenvalue weighted by atomic mass is 16.5. The van der Waals surface area contributed by atoms with E-state index < -0.39 is 0 Å². The van der Waals surface area contributed by atoms with Gasteiger partial charge in [0.15, 0.2) is 0 Å². The first-order valence-electron chi connectivity index (χ1n) is 9.62. The van der Waals surface area contributed by atoms with Gasteiger partial charge in [-0.25, -0.2) is 16.3 Å². The summed E-state index contributed by atoms with van der Waals surface area (Å²) in [5.41, 5.74) is 12.3. The summed E-state index contributed by atoms with van der Waals surface area (Å²) in [5, 5.41) is 4.05. The Kier molecular flexibility index (Phi) is 6.79. The van der Waals surface area contributed by atoms with Gasteiger partial charge in [0.2, 0.25) is 0 Å². The van der Waals surface area contributed by atoms with Crippen molar-refractivity contribution in [2.45, 2.75) is 38.8 Å². The number of nitrogens with one attached hydrogen (secondary N) is 3. The van der Waals surface area contributed by atoms with Crippen LogP contribution in [0.1, 0.15) is 43.0 Å². The molecule has 6 nitrogen and oxygen atoms in total. The average molecular weight is 380 g/mol. The SMILES string of the molecule is COc1ccc(/C=N/NC(=O)C2CC(c3ccc(CC(C)C)cc3)NN2)cc1. The molecule has 1 fully saturated rings. The summed E-state index contributed by atoms with van der Waals surface area (Å²) < 4.78 is 5.12. The van der Waals surface area contributed by atoms with Gasteiger partial charge in [0, 0.05) is 6.04 Å². The minimum atomic E-state index is -0.326. The summed E-state index contributed by atoms with van der Waals surface area (Å²) in [7, 11) is 1.62. The number of benzene rings is 2. The molecule has 1 aliphatic heterocycles. The predicted octanol–water partition coefficient (Wildman–Crippen LogP) is 2.95. The number of ether oxygens (including phenoxy) is 1. The Morgan fingerprint density at radius 3 is 2.54 bits per heavy atom. The van der Waals surface area contributed by atoms with Crippen LogP contribution in [0.15, 0.2) is 53.6 Å². The zero-order chi connectivity index (χ0) is 19.9. The molecule has 1 amide bonds. The van der Waals surface area contributed by atoms with Crippen LogP contribution in [0.3, 0.4) is 0 Å². The van der Waals surface area contributed by atoms with Crippen molar-refractivity contribution in [3.63, 3.8) is 0 Å². The summed E-state index contributed by atoms with van der Waals surface area (Å²) in [4.78, 5) is 12.3. The van der Waals surface area contributed by atoms with E-state index in [1.807, 2.05) is 24.3 Å². The maximum absolute atomic E-state index is 12.3. The standard InChI is InChI=1S/C22H28N4O2/c1-15(2)12-16-4-8-18(9-5-16)20-13-21(25-24-20)22(27)26-23-14-17-6-10-19(28-3)11-7-17/h4-11,14-15,20-21,24-25H,12-13H2,1-3H3,(H,26,27)/b23-14+. The first-order chi connectivity index (χ1) is 13.5. The number of amides is 1. The van der Waals surface area contributed by atoms with E-state index in [0.29, 0.717) is 12.3 Å². The lowest BCUT2D eigenvalue weighted by molar-refractivity contribution is -0.122. The molecule has 0 aromatic heterocycles. The van der Waals surface area contributed by atoms with Crippen molar-refractivity contribution in [1.82, 2.24) is 16.3 Å². The van der Waals surface area contributed by atoms with E-state index in [4.69, 9.17) is 4.74 Å². The fraction of sp³-hybridized carbons (Fsp3) is 0.364. The van der Waals surface area contributed by atoms with Gasteiger partial charge in [0.1, 0.15) is 11.8 Å². The van der Waals surface area contributed by atoms with Crippen molar-refractivity contribution in [3.8, 4) is 5.75 Å². The van der Waals surface area contributed by atoms with Crippen LogP contribution in [-0.2, 0) is 11.2 Å². The molecule has 28 heavy (non-hydrogen) atoms. The summed E-state index contributed by atoms with van der Waals surface area (Å²) in [6.07, 6.45) is 3.37. The quantitative estimate of drug-likeness (QED) is 0.510. The number of hydrogen-bond donors (Lipinski definition) is 3. The van der Waals surface area contributed by atoms with Crippen molar-refractivity contribution in [2.24, 2.45) is 11.0 Å². The fourth-order valence-corrected chi connectivity index (χ4v) is 3.24. The van der Waals surface area contributed by atoms with Gasteiger partial charge in [-0.3, -0.25) is 4.79 Å². The van der Waals surface area contributed by atoms with E-state index in [1.165, 1.54) is 11.1 Å². The van der Waals surface area contributed by atoms with Gasteiger partial charge in [-0.05, 0) is 59.7 Å². The van der Waals surface area contributed by atoms with E-state index >= 15 is 0 Å². The zero-order valence-corrected chi connectivity index (χ0v) is 16.6. The lowest BCUT2D eigenvalue weighted by Gasteiger charge is -2.11. The summed E-state index contributed by atoms with van der Waals surface area (Å²) in [6.45, 7) is 4.44. The van der Waals surface area contributed by atoms with Crippen molar-refractivity contribution >= 4 is 12.1 Å². The molecule has 0 aliphatic carbocycles. The molecule has 1 saturated heterocycles. The number of carbonyl (C=O) groups excluding carboxylic acids is 1. The number of hydrogen-bond acceptors (Lipinski definition) is 5. The number of hydrazine groups is 1. The maximum Gasteiger partial charge on any atom is 0.258 e. The molecule has 2 aromatic carbocycles. The van der Waals surface area contributed by atoms with Crippen LogP contribution in [0.5, 0.6) is 5.75 Å². The van der Waals surface area contributed by atoms with Gasteiger partial charge >= 0.3 is 0 Å². The molecule has 1 aliphatic rings. The Morgan fingerprint density at radius 1 is 1.18 bits per heavy atom. The van der Waals surface area contributed by atoms with Gasteiger partial charge in [-0.15, -0.1) is 0 Å². The fourth-order valence-electron chi connectivity index (χ4n) is 3.24. The van der Waals surface area contributed by atoms with Crippen molar-refractivity contribution in [1.29, 1.82) is 0 Å². The average Bonchev–Trinajstić information content (AvgIpc) is 3.19. The van der Waals surface area contributed by atoms with Crippen LogP contribution in [0.2, 0.25) is 0 Å².